The summed E-state index contributed by atoms with van der Waals surface area (Å²) in [5.74, 6) is 0. The Morgan fingerprint density at radius 1 is 1.04 bits per heavy atom. The van der Waals surface area contributed by atoms with Crippen LogP contribution in [-0.2, 0) is 20.8 Å². The van der Waals surface area contributed by atoms with Crippen LogP contribution in [0.3, 0.4) is 0 Å². The van der Waals surface area contributed by atoms with Crippen molar-refractivity contribution >= 4 is 12.2 Å². The van der Waals surface area contributed by atoms with Crippen molar-refractivity contribution in [2.24, 2.45) is 0 Å². The van der Waals surface area contributed by atoms with Crippen molar-refractivity contribution in [1.82, 2.24) is 9.80 Å². The molecule has 3 rings (SSSR count). The molecule has 7 nitrogen and oxygen atoms in total. The maximum atomic E-state index is 12.6. The highest BCUT2D eigenvalue weighted by molar-refractivity contribution is 5.70. The number of amides is 2. The van der Waals surface area contributed by atoms with Gasteiger partial charge in [-0.2, -0.15) is 0 Å². The van der Waals surface area contributed by atoms with E-state index in [1.54, 1.807) is 9.80 Å². The van der Waals surface area contributed by atoms with Crippen LogP contribution >= 0.6 is 0 Å². The van der Waals surface area contributed by atoms with Gasteiger partial charge in [0.1, 0.15) is 12.2 Å². The lowest BCUT2D eigenvalue weighted by Crippen LogP contribution is -2.49. The van der Waals surface area contributed by atoms with Crippen molar-refractivity contribution in [1.29, 1.82) is 0 Å². The summed E-state index contributed by atoms with van der Waals surface area (Å²) in [6, 6.07) is 9.38. The second kappa shape index (κ2) is 8.17. The van der Waals surface area contributed by atoms with Gasteiger partial charge in [0.2, 0.25) is 0 Å². The van der Waals surface area contributed by atoms with Crippen LogP contribution in [0.15, 0.2) is 30.3 Å². The normalized spacial score (nSPS) is 22.8. The molecule has 7 heteroatoms. The summed E-state index contributed by atoms with van der Waals surface area (Å²) in [6.45, 7) is 7.48. The summed E-state index contributed by atoms with van der Waals surface area (Å²) in [4.78, 5) is 28.6. The van der Waals surface area contributed by atoms with Gasteiger partial charge in [0.15, 0.2) is 0 Å². The second-order valence-corrected chi connectivity index (χ2v) is 7.99. The number of carbonyl (C=O) groups is 2. The third-order valence-corrected chi connectivity index (χ3v) is 4.70. The molecule has 1 aromatic rings. The lowest BCUT2D eigenvalue weighted by Gasteiger charge is -2.36. The Labute approximate surface area is 160 Å². The molecule has 2 aliphatic rings. The number of carbonyl (C=O) groups excluding carboxylic acids is 2. The first-order valence-corrected chi connectivity index (χ1v) is 9.38. The molecule has 2 unspecified atom stereocenters. The van der Waals surface area contributed by atoms with Gasteiger partial charge in [-0.05, 0) is 32.8 Å². The number of benzene rings is 1. The highest BCUT2D eigenvalue weighted by atomic mass is 16.6. The van der Waals surface area contributed by atoms with Gasteiger partial charge in [-0.15, -0.1) is 0 Å². The smallest absolute Gasteiger partial charge is 0.410 e. The van der Waals surface area contributed by atoms with Crippen molar-refractivity contribution in [2.75, 3.05) is 26.3 Å². The molecule has 148 valence electrons. The summed E-state index contributed by atoms with van der Waals surface area (Å²) in [6.07, 6.45) is -0.0740. The minimum absolute atomic E-state index is 0.0921. The first-order chi connectivity index (χ1) is 12.8. The van der Waals surface area contributed by atoms with Crippen LogP contribution in [0.2, 0.25) is 0 Å². The predicted molar refractivity (Wildman–Crippen MR) is 99.3 cm³/mol. The van der Waals surface area contributed by atoms with E-state index in [4.69, 9.17) is 14.2 Å². The van der Waals surface area contributed by atoms with Crippen molar-refractivity contribution < 1.29 is 23.8 Å². The Morgan fingerprint density at radius 3 is 2.22 bits per heavy atom. The van der Waals surface area contributed by atoms with Crippen molar-refractivity contribution in [3.63, 3.8) is 0 Å². The number of hydrogen-bond donors (Lipinski definition) is 0. The standard InChI is InChI=1S/C20H28N2O5/c1-20(2,3)27-19(24)22-10-9-21(16-11-17(22)14-25-13-16)18(23)26-12-15-7-5-4-6-8-15/h4-8,16-17H,9-14H2,1-3H3. The molecule has 0 spiro atoms. The fourth-order valence-corrected chi connectivity index (χ4v) is 3.41. The molecule has 0 radical (unpaired) electrons. The van der Waals surface area contributed by atoms with Gasteiger partial charge in [-0.1, -0.05) is 30.3 Å². The van der Waals surface area contributed by atoms with E-state index in [0.717, 1.165) is 5.56 Å². The maximum Gasteiger partial charge on any atom is 0.410 e. The zero-order valence-electron chi connectivity index (χ0n) is 16.2. The van der Waals surface area contributed by atoms with Crippen molar-refractivity contribution in [2.45, 2.75) is 51.5 Å². The Bertz CT molecular complexity index is 658. The number of rotatable bonds is 2. The fraction of sp³-hybridized carbons (Fsp3) is 0.600. The third-order valence-electron chi connectivity index (χ3n) is 4.70. The Kier molecular flexibility index (Phi) is 5.89. The van der Waals surface area contributed by atoms with Crippen LogP contribution in [0.4, 0.5) is 9.59 Å². The molecule has 2 saturated heterocycles. The molecule has 2 fully saturated rings. The molecule has 2 heterocycles. The average molecular weight is 376 g/mol. The predicted octanol–water partition coefficient (Wildman–Crippen LogP) is 3.03. The van der Waals surface area contributed by atoms with Gasteiger partial charge in [-0.3, -0.25) is 0 Å². The Balaban J connectivity index is 1.64. The van der Waals surface area contributed by atoms with E-state index >= 15 is 0 Å². The highest BCUT2D eigenvalue weighted by Gasteiger charge is 2.40. The lowest BCUT2D eigenvalue weighted by atomic mass is 10.0. The van der Waals surface area contributed by atoms with Gasteiger partial charge in [-0.25, -0.2) is 9.59 Å². The average Bonchev–Trinajstić information content (AvgIpc) is 2.75. The van der Waals surface area contributed by atoms with Crippen LogP contribution in [0.5, 0.6) is 0 Å². The molecule has 0 saturated carbocycles. The number of ether oxygens (including phenoxy) is 3. The first-order valence-electron chi connectivity index (χ1n) is 9.38. The lowest BCUT2D eigenvalue weighted by molar-refractivity contribution is -0.0223. The van der Waals surface area contributed by atoms with Crippen LogP contribution in [0.1, 0.15) is 32.8 Å². The first kappa shape index (κ1) is 19.5. The van der Waals surface area contributed by atoms with Gasteiger partial charge in [0.05, 0.1) is 25.3 Å². The topological polar surface area (TPSA) is 68.3 Å². The summed E-state index contributed by atoms with van der Waals surface area (Å²) in [7, 11) is 0. The molecule has 27 heavy (non-hydrogen) atoms. The summed E-state index contributed by atoms with van der Waals surface area (Å²) < 4.78 is 16.7. The van der Waals surface area contributed by atoms with Crippen LogP contribution in [-0.4, -0.2) is 66.0 Å². The van der Waals surface area contributed by atoms with Gasteiger partial charge < -0.3 is 24.0 Å². The highest BCUT2D eigenvalue weighted by Crippen LogP contribution is 2.25. The van der Waals surface area contributed by atoms with E-state index in [0.29, 0.717) is 32.7 Å². The quantitative estimate of drug-likeness (QED) is 0.794. The minimum atomic E-state index is -0.563. The molecule has 2 bridgehead atoms. The Hall–Kier alpha value is -2.28. The number of fused-ring (bicyclic) bond motifs is 2. The zero-order chi connectivity index (χ0) is 19.4. The SMILES string of the molecule is CC(C)(C)OC(=O)N1CCN(C(=O)OCc2ccccc2)C2COCC1C2. The molecule has 0 aliphatic carbocycles. The summed E-state index contributed by atoms with van der Waals surface area (Å²) in [5.41, 5.74) is 0.376. The molecular weight excluding hydrogens is 348 g/mol. The van der Waals surface area contributed by atoms with Crippen molar-refractivity contribution in [3.05, 3.63) is 35.9 Å². The molecule has 2 atom stereocenters. The van der Waals surface area contributed by atoms with E-state index in [1.165, 1.54) is 0 Å². The largest absolute Gasteiger partial charge is 0.445 e. The van der Waals surface area contributed by atoms with Crippen LogP contribution in [0.25, 0.3) is 0 Å². The van der Waals surface area contributed by atoms with Crippen LogP contribution in [0, 0.1) is 0 Å². The fourth-order valence-electron chi connectivity index (χ4n) is 3.41. The summed E-state index contributed by atoms with van der Waals surface area (Å²) in [5, 5.41) is 0. The molecule has 2 amide bonds. The van der Waals surface area contributed by atoms with E-state index < -0.39 is 5.60 Å². The molecule has 0 aromatic heterocycles. The Morgan fingerprint density at radius 2 is 1.63 bits per heavy atom. The maximum absolute atomic E-state index is 12.6. The van der Waals surface area contributed by atoms with E-state index in [1.807, 2.05) is 51.1 Å². The van der Waals surface area contributed by atoms with Gasteiger partial charge in [0.25, 0.3) is 0 Å². The van der Waals surface area contributed by atoms with Crippen LogP contribution < -0.4 is 0 Å². The minimum Gasteiger partial charge on any atom is -0.445 e. The zero-order valence-corrected chi connectivity index (χ0v) is 16.2. The van der Waals surface area contributed by atoms with Crippen molar-refractivity contribution in [3.8, 4) is 0 Å². The van der Waals surface area contributed by atoms with E-state index in [-0.39, 0.29) is 30.9 Å². The molecular formula is C20H28N2O5. The van der Waals surface area contributed by atoms with Gasteiger partial charge in [0, 0.05) is 13.1 Å². The molecule has 1 aromatic carbocycles. The third kappa shape index (κ3) is 5.13. The van der Waals surface area contributed by atoms with E-state index in [9.17, 15) is 9.59 Å². The van der Waals surface area contributed by atoms with E-state index in [2.05, 4.69) is 0 Å². The molecule has 2 aliphatic heterocycles. The number of nitrogens with zero attached hydrogens (tertiary/aromatic N) is 2. The van der Waals surface area contributed by atoms with Gasteiger partial charge >= 0.3 is 12.2 Å². The molecule has 0 N–H and O–H groups in total. The second-order valence-electron chi connectivity index (χ2n) is 7.99. The number of hydrogen-bond acceptors (Lipinski definition) is 5. The monoisotopic (exact) mass is 376 g/mol. The summed E-state index contributed by atoms with van der Waals surface area (Å²) >= 11 is 0.